The van der Waals surface area contributed by atoms with E-state index in [0.29, 0.717) is 0 Å². The van der Waals surface area contributed by atoms with E-state index in [1.54, 1.807) is 20.8 Å². The van der Waals surface area contributed by atoms with Gasteiger partial charge in [-0.15, -0.1) is 0 Å². The van der Waals surface area contributed by atoms with Crippen LogP contribution < -0.4 is 4.74 Å². The van der Waals surface area contributed by atoms with Crippen LogP contribution in [0.3, 0.4) is 0 Å². The van der Waals surface area contributed by atoms with Crippen LogP contribution in [0.15, 0.2) is 12.4 Å². The summed E-state index contributed by atoms with van der Waals surface area (Å²) < 4.78 is 47.5. The third kappa shape index (κ3) is 4.21. The molecule has 0 radical (unpaired) electrons. The molecule has 0 aromatic carbocycles. The number of nitrogens with zero attached hydrogens (tertiary/aromatic N) is 3. The third-order valence-electron chi connectivity index (χ3n) is 3.77. The topological polar surface area (TPSA) is 97.5 Å². The quantitative estimate of drug-likeness (QED) is 0.816. The Labute approximate surface area is 153 Å². The molecule has 7 nitrogen and oxygen atoms in total. The molecule has 0 unspecified atom stereocenters. The zero-order valence-corrected chi connectivity index (χ0v) is 15.3. The number of carboxylic acid groups (broad SMARTS) is 1. The molecule has 2 N–H and O–H groups in total. The minimum Gasteiger partial charge on any atom is -0.476 e. The zero-order chi connectivity index (χ0) is 20.6. The van der Waals surface area contributed by atoms with Gasteiger partial charge in [-0.25, -0.2) is 9.48 Å². The first kappa shape index (κ1) is 20.7. The Morgan fingerprint density at radius 1 is 1.26 bits per heavy atom. The summed E-state index contributed by atoms with van der Waals surface area (Å²) in [6.45, 7) is 6.05. The number of aliphatic hydroxyl groups excluding tert-OH is 1. The minimum atomic E-state index is -4.75. The van der Waals surface area contributed by atoms with Crippen LogP contribution in [0.25, 0.3) is 0 Å². The zero-order valence-electron chi connectivity index (χ0n) is 15.3. The van der Waals surface area contributed by atoms with Crippen molar-refractivity contribution >= 4 is 5.97 Å². The van der Waals surface area contributed by atoms with Crippen molar-refractivity contribution in [3.8, 4) is 11.6 Å². The van der Waals surface area contributed by atoms with Gasteiger partial charge in [-0.2, -0.15) is 18.3 Å². The van der Waals surface area contributed by atoms with Crippen molar-refractivity contribution in [1.29, 1.82) is 0 Å². The largest absolute Gasteiger partial charge is 0.476 e. The van der Waals surface area contributed by atoms with Crippen LogP contribution in [0.4, 0.5) is 13.2 Å². The van der Waals surface area contributed by atoms with E-state index < -0.39 is 35.6 Å². The van der Waals surface area contributed by atoms with Crippen LogP contribution in [0.5, 0.6) is 11.6 Å². The van der Waals surface area contributed by atoms with Gasteiger partial charge >= 0.3 is 12.1 Å². The number of rotatable bonds is 5. The molecule has 0 saturated carbocycles. The molecule has 0 fully saturated rings. The van der Waals surface area contributed by atoms with Crippen molar-refractivity contribution in [2.45, 2.75) is 45.8 Å². The van der Waals surface area contributed by atoms with Gasteiger partial charge in [-0.3, -0.25) is 4.98 Å². The third-order valence-corrected chi connectivity index (χ3v) is 3.77. The second kappa shape index (κ2) is 7.18. The molecule has 0 saturated heterocycles. The number of aromatic carboxylic acids is 1. The maximum atomic E-state index is 13.6. The molecule has 0 atom stereocenters. The van der Waals surface area contributed by atoms with Crippen LogP contribution >= 0.6 is 0 Å². The standard InChI is InChI=1S/C17H20F3N3O4/c1-9-13(15(25)26)22-23(16(2,3)4)14(9)27-11-8-21-7-10(5-6-24)12(11)17(18,19)20/h7-8,24H,5-6H2,1-4H3,(H,25,26). The monoisotopic (exact) mass is 387 g/mol. The van der Waals surface area contributed by atoms with E-state index in [0.717, 1.165) is 12.4 Å². The number of carboxylic acids is 1. The van der Waals surface area contributed by atoms with Crippen LogP contribution in [-0.2, 0) is 18.1 Å². The molecule has 148 valence electrons. The molecule has 0 spiro atoms. The molecule has 2 rings (SSSR count). The second-order valence-electron chi connectivity index (χ2n) is 6.91. The average molecular weight is 387 g/mol. The predicted octanol–water partition coefficient (Wildman–Crippen LogP) is 3.39. The number of hydrogen-bond donors (Lipinski definition) is 2. The Balaban J connectivity index is 2.68. The maximum absolute atomic E-state index is 13.6. The van der Waals surface area contributed by atoms with Crippen LogP contribution in [0, 0.1) is 6.92 Å². The fraction of sp³-hybridized carbons (Fsp3) is 0.471. The molecule has 0 amide bonds. The molecular weight excluding hydrogens is 367 g/mol. The van der Waals surface area contributed by atoms with Crippen molar-refractivity contribution in [2.75, 3.05) is 6.61 Å². The Bertz CT molecular complexity index is 854. The van der Waals surface area contributed by atoms with Gasteiger partial charge < -0.3 is 14.9 Å². The Morgan fingerprint density at radius 2 is 1.89 bits per heavy atom. The predicted molar refractivity (Wildman–Crippen MR) is 89.0 cm³/mol. The summed E-state index contributed by atoms with van der Waals surface area (Å²) in [5.41, 5.74) is -2.25. The number of hydrogen-bond acceptors (Lipinski definition) is 5. The molecule has 0 aliphatic carbocycles. The van der Waals surface area contributed by atoms with Gasteiger partial charge in [0.1, 0.15) is 5.56 Å². The summed E-state index contributed by atoms with van der Waals surface area (Å²) in [5.74, 6) is -2.02. The van der Waals surface area contributed by atoms with Crippen LogP contribution in [0.1, 0.15) is 48.0 Å². The first-order chi connectivity index (χ1) is 12.4. The fourth-order valence-electron chi connectivity index (χ4n) is 2.55. The number of alkyl halides is 3. The average Bonchev–Trinajstić information content (AvgIpc) is 2.84. The molecule has 2 aromatic rings. The number of halogens is 3. The van der Waals surface area contributed by atoms with Gasteiger partial charge in [-0.1, -0.05) is 0 Å². The highest BCUT2D eigenvalue weighted by molar-refractivity contribution is 5.87. The van der Waals surface area contributed by atoms with E-state index in [4.69, 9.17) is 9.84 Å². The molecule has 2 heterocycles. The highest BCUT2D eigenvalue weighted by Gasteiger charge is 2.38. The van der Waals surface area contributed by atoms with E-state index in [2.05, 4.69) is 10.1 Å². The van der Waals surface area contributed by atoms with E-state index in [1.807, 2.05) is 0 Å². The summed E-state index contributed by atoms with van der Waals surface area (Å²) >= 11 is 0. The van der Waals surface area contributed by atoms with E-state index in [1.165, 1.54) is 11.6 Å². The van der Waals surface area contributed by atoms with Crippen molar-refractivity contribution in [2.24, 2.45) is 0 Å². The van der Waals surface area contributed by atoms with Crippen LogP contribution in [-0.4, -0.2) is 37.6 Å². The lowest BCUT2D eigenvalue weighted by Crippen LogP contribution is -2.24. The summed E-state index contributed by atoms with van der Waals surface area (Å²) in [4.78, 5) is 15.1. The number of carbonyl (C=O) groups is 1. The van der Waals surface area contributed by atoms with Crippen LogP contribution in [0.2, 0.25) is 0 Å². The number of aliphatic hydroxyl groups is 1. The lowest BCUT2D eigenvalue weighted by atomic mass is 10.1. The summed E-state index contributed by atoms with van der Waals surface area (Å²) in [7, 11) is 0. The van der Waals surface area contributed by atoms with E-state index >= 15 is 0 Å². The van der Waals surface area contributed by atoms with Crippen molar-refractivity contribution in [3.05, 3.63) is 34.8 Å². The SMILES string of the molecule is Cc1c(C(=O)O)nn(C(C)(C)C)c1Oc1cncc(CCO)c1C(F)(F)F. The fourth-order valence-corrected chi connectivity index (χ4v) is 2.55. The number of pyridine rings is 1. The van der Waals surface area contributed by atoms with Gasteiger partial charge in [0.25, 0.3) is 0 Å². The lowest BCUT2D eigenvalue weighted by molar-refractivity contribution is -0.139. The highest BCUT2D eigenvalue weighted by atomic mass is 19.4. The number of ether oxygens (including phenoxy) is 1. The Morgan fingerprint density at radius 3 is 2.37 bits per heavy atom. The van der Waals surface area contributed by atoms with Gasteiger partial charge in [0, 0.05) is 18.4 Å². The first-order valence-corrected chi connectivity index (χ1v) is 8.04. The van der Waals surface area contributed by atoms with Gasteiger partial charge in [-0.05, 0) is 39.7 Å². The summed E-state index contributed by atoms with van der Waals surface area (Å²) in [6, 6.07) is 0. The minimum absolute atomic E-state index is 0.0955. The molecule has 0 bridgehead atoms. The van der Waals surface area contributed by atoms with Crippen molar-refractivity contribution in [3.63, 3.8) is 0 Å². The maximum Gasteiger partial charge on any atom is 0.420 e. The Hall–Kier alpha value is -2.62. The molecule has 10 heteroatoms. The smallest absolute Gasteiger partial charge is 0.420 e. The summed E-state index contributed by atoms with van der Waals surface area (Å²) in [5, 5.41) is 22.3. The van der Waals surface area contributed by atoms with Crippen molar-refractivity contribution in [1.82, 2.24) is 14.8 Å². The number of aromatic nitrogens is 3. The molecule has 2 aromatic heterocycles. The molecule has 0 aliphatic rings. The first-order valence-electron chi connectivity index (χ1n) is 8.04. The van der Waals surface area contributed by atoms with Crippen molar-refractivity contribution < 1.29 is 32.9 Å². The summed E-state index contributed by atoms with van der Waals surface area (Å²) in [6.07, 6.45) is -3.08. The lowest BCUT2D eigenvalue weighted by Gasteiger charge is -2.23. The van der Waals surface area contributed by atoms with E-state index in [9.17, 15) is 23.1 Å². The molecular formula is C17H20F3N3O4. The molecule has 0 aliphatic heterocycles. The second-order valence-corrected chi connectivity index (χ2v) is 6.91. The highest BCUT2D eigenvalue weighted by Crippen LogP contribution is 2.41. The van der Waals surface area contributed by atoms with Gasteiger partial charge in [0.2, 0.25) is 5.88 Å². The normalized spacial score (nSPS) is 12.3. The van der Waals surface area contributed by atoms with Gasteiger partial charge in [0.15, 0.2) is 11.4 Å². The van der Waals surface area contributed by atoms with E-state index in [-0.39, 0.29) is 29.1 Å². The van der Waals surface area contributed by atoms with Gasteiger partial charge in [0.05, 0.1) is 11.7 Å². The molecule has 27 heavy (non-hydrogen) atoms. The Kier molecular flexibility index (Phi) is 5.50.